The van der Waals surface area contributed by atoms with E-state index < -0.39 is 11.6 Å². The smallest absolute Gasteiger partial charge is 0.159 e. The van der Waals surface area contributed by atoms with E-state index in [-0.39, 0.29) is 5.41 Å². The number of hydrogen-bond donors (Lipinski definition) is 1. The fraction of sp³-hybridized carbons (Fsp3) is 0.647. The average molecular weight is 279 g/mol. The molecule has 0 heterocycles. The highest BCUT2D eigenvalue weighted by Gasteiger charge is 2.58. The second kappa shape index (κ2) is 4.52. The van der Waals surface area contributed by atoms with Gasteiger partial charge in [-0.3, -0.25) is 0 Å². The lowest BCUT2D eigenvalue weighted by Gasteiger charge is -2.43. The predicted octanol–water partition coefficient (Wildman–Crippen LogP) is 4.27. The second-order valence-corrected chi connectivity index (χ2v) is 7.48. The molecule has 1 aromatic carbocycles. The van der Waals surface area contributed by atoms with Gasteiger partial charge in [0.1, 0.15) is 0 Å². The Hall–Kier alpha value is -0.960. The number of hydrogen-bond acceptors (Lipinski definition) is 1. The van der Waals surface area contributed by atoms with Gasteiger partial charge in [0.15, 0.2) is 11.6 Å². The molecule has 1 aromatic rings. The standard InChI is InChI=1S/C17H23F2N/c1-16(2)12-6-7-17(3,9-12)15(16)20-10-11-4-5-13(18)14(19)8-11/h4-5,8,12,15,20H,6-7,9-10H2,1-3H3/t12-,15?,17+/m0/s1. The van der Waals surface area contributed by atoms with Gasteiger partial charge in [0.05, 0.1) is 0 Å². The first-order chi connectivity index (χ1) is 9.33. The van der Waals surface area contributed by atoms with Crippen LogP contribution in [-0.2, 0) is 6.54 Å². The van der Waals surface area contributed by atoms with Crippen LogP contribution in [0.2, 0.25) is 0 Å². The van der Waals surface area contributed by atoms with Crippen molar-refractivity contribution < 1.29 is 8.78 Å². The summed E-state index contributed by atoms with van der Waals surface area (Å²) < 4.78 is 26.2. The van der Waals surface area contributed by atoms with E-state index in [1.165, 1.54) is 31.4 Å². The molecule has 1 unspecified atom stereocenters. The van der Waals surface area contributed by atoms with Crippen molar-refractivity contribution >= 4 is 0 Å². The van der Waals surface area contributed by atoms with Gasteiger partial charge in [0.2, 0.25) is 0 Å². The first kappa shape index (κ1) is 14.0. The van der Waals surface area contributed by atoms with Crippen molar-refractivity contribution in [3.8, 4) is 0 Å². The minimum Gasteiger partial charge on any atom is -0.309 e. The maximum atomic E-state index is 13.3. The van der Waals surface area contributed by atoms with Crippen molar-refractivity contribution in [3.63, 3.8) is 0 Å². The van der Waals surface area contributed by atoms with Crippen LogP contribution in [-0.4, -0.2) is 6.04 Å². The lowest BCUT2D eigenvalue weighted by molar-refractivity contribution is 0.108. The fourth-order valence-electron chi connectivity index (χ4n) is 4.68. The van der Waals surface area contributed by atoms with Gasteiger partial charge in [0.25, 0.3) is 0 Å². The lowest BCUT2D eigenvalue weighted by atomic mass is 9.68. The molecule has 110 valence electrons. The Balaban J connectivity index is 1.73. The largest absolute Gasteiger partial charge is 0.309 e. The van der Waals surface area contributed by atoms with E-state index in [0.29, 0.717) is 18.0 Å². The van der Waals surface area contributed by atoms with E-state index in [4.69, 9.17) is 0 Å². The summed E-state index contributed by atoms with van der Waals surface area (Å²) in [4.78, 5) is 0. The monoisotopic (exact) mass is 279 g/mol. The summed E-state index contributed by atoms with van der Waals surface area (Å²) in [5.41, 5.74) is 1.45. The Morgan fingerprint density at radius 3 is 2.55 bits per heavy atom. The third-order valence-corrected chi connectivity index (χ3v) is 5.76. The summed E-state index contributed by atoms with van der Waals surface area (Å²) in [7, 11) is 0. The first-order valence-corrected chi connectivity index (χ1v) is 7.50. The molecule has 20 heavy (non-hydrogen) atoms. The van der Waals surface area contributed by atoms with Crippen molar-refractivity contribution in [3.05, 3.63) is 35.4 Å². The molecule has 2 aliphatic carbocycles. The third-order valence-electron chi connectivity index (χ3n) is 5.76. The molecule has 0 amide bonds. The molecule has 1 nitrogen and oxygen atoms in total. The average Bonchev–Trinajstić information content (AvgIpc) is 2.84. The van der Waals surface area contributed by atoms with Gasteiger partial charge < -0.3 is 5.32 Å². The van der Waals surface area contributed by atoms with Crippen molar-refractivity contribution in [1.82, 2.24) is 5.32 Å². The highest BCUT2D eigenvalue weighted by atomic mass is 19.2. The van der Waals surface area contributed by atoms with Gasteiger partial charge >= 0.3 is 0 Å². The molecule has 2 saturated carbocycles. The minimum atomic E-state index is -0.777. The zero-order valence-electron chi connectivity index (χ0n) is 12.5. The summed E-state index contributed by atoms with van der Waals surface area (Å²) in [6.45, 7) is 7.65. The van der Waals surface area contributed by atoms with E-state index >= 15 is 0 Å². The van der Waals surface area contributed by atoms with Crippen LogP contribution in [0.3, 0.4) is 0 Å². The SMILES string of the molecule is CC1(C)C(NCc2ccc(F)c(F)c2)[C@]2(C)CC[C@H]1C2. The number of halogens is 2. The zero-order chi connectivity index (χ0) is 14.5. The van der Waals surface area contributed by atoms with Crippen LogP contribution >= 0.6 is 0 Å². The Morgan fingerprint density at radius 1 is 1.20 bits per heavy atom. The third kappa shape index (κ3) is 2.07. The van der Waals surface area contributed by atoms with E-state index in [1.807, 2.05) is 0 Å². The van der Waals surface area contributed by atoms with Crippen LogP contribution in [0.1, 0.15) is 45.6 Å². The Kier molecular flexibility index (Phi) is 3.16. The molecule has 1 N–H and O–H groups in total. The number of rotatable bonds is 3. The van der Waals surface area contributed by atoms with Gasteiger partial charge in [-0.1, -0.05) is 26.8 Å². The van der Waals surface area contributed by atoms with Crippen molar-refractivity contribution in [2.75, 3.05) is 0 Å². The summed E-state index contributed by atoms with van der Waals surface area (Å²) >= 11 is 0. The molecule has 2 bridgehead atoms. The summed E-state index contributed by atoms with van der Waals surface area (Å²) in [5, 5.41) is 3.62. The van der Waals surface area contributed by atoms with E-state index in [9.17, 15) is 8.78 Å². The molecule has 0 saturated heterocycles. The van der Waals surface area contributed by atoms with Crippen LogP contribution in [0.25, 0.3) is 0 Å². The molecule has 3 heteroatoms. The summed E-state index contributed by atoms with van der Waals surface area (Å²) in [5.74, 6) is -0.751. The maximum Gasteiger partial charge on any atom is 0.159 e. The molecule has 0 aliphatic heterocycles. The van der Waals surface area contributed by atoms with Crippen LogP contribution in [0.4, 0.5) is 8.78 Å². The Labute approximate surface area is 119 Å². The molecular formula is C17H23F2N. The molecule has 2 fully saturated rings. The van der Waals surface area contributed by atoms with Crippen LogP contribution in [0, 0.1) is 28.4 Å². The van der Waals surface area contributed by atoms with Gasteiger partial charge in [0, 0.05) is 12.6 Å². The Bertz CT molecular complexity index is 521. The van der Waals surface area contributed by atoms with Gasteiger partial charge in [-0.05, 0) is 53.7 Å². The molecule has 0 radical (unpaired) electrons. The van der Waals surface area contributed by atoms with Crippen molar-refractivity contribution in [1.29, 1.82) is 0 Å². The van der Waals surface area contributed by atoms with E-state index in [0.717, 1.165) is 11.5 Å². The molecule has 3 rings (SSSR count). The quantitative estimate of drug-likeness (QED) is 0.871. The molecule has 0 aromatic heterocycles. The zero-order valence-corrected chi connectivity index (χ0v) is 12.5. The van der Waals surface area contributed by atoms with E-state index in [1.54, 1.807) is 6.07 Å². The number of nitrogens with one attached hydrogen (secondary N) is 1. The minimum absolute atomic E-state index is 0.283. The highest BCUT2D eigenvalue weighted by molar-refractivity contribution is 5.19. The van der Waals surface area contributed by atoms with Gasteiger partial charge in [-0.25, -0.2) is 8.78 Å². The molecule has 3 atom stereocenters. The highest BCUT2D eigenvalue weighted by Crippen LogP contribution is 2.62. The Morgan fingerprint density at radius 2 is 1.95 bits per heavy atom. The second-order valence-electron chi connectivity index (χ2n) is 7.48. The summed E-state index contributed by atoms with van der Waals surface area (Å²) in [6, 6.07) is 4.61. The van der Waals surface area contributed by atoms with Crippen LogP contribution in [0.15, 0.2) is 18.2 Å². The van der Waals surface area contributed by atoms with E-state index in [2.05, 4.69) is 26.1 Å². The predicted molar refractivity (Wildman–Crippen MR) is 76.2 cm³/mol. The van der Waals surface area contributed by atoms with Crippen molar-refractivity contribution in [2.45, 2.75) is 52.6 Å². The first-order valence-electron chi connectivity index (χ1n) is 7.50. The molecule has 2 aliphatic rings. The van der Waals surface area contributed by atoms with Crippen LogP contribution in [0.5, 0.6) is 0 Å². The summed E-state index contributed by atoms with van der Waals surface area (Å²) in [6.07, 6.45) is 3.89. The fourth-order valence-corrected chi connectivity index (χ4v) is 4.68. The lowest BCUT2D eigenvalue weighted by Crippen LogP contribution is -2.49. The molecular weight excluding hydrogens is 256 g/mol. The van der Waals surface area contributed by atoms with Gasteiger partial charge in [-0.2, -0.15) is 0 Å². The van der Waals surface area contributed by atoms with Gasteiger partial charge in [-0.15, -0.1) is 0 Å². The van der Waals surface area contributed by atoms with Crippen molar-refractivity contribution in [2.24, 2.45) is 16.7 Å². The topological polar surface area (TPSA) is 12.0 Å². The van der Waals surface area contributed by atoms with Crippen LogP contribution < -0.4 is 5.32 Å². The number of fused-ring (bicyclic) bond motifs is 2. The number of benzene rings is 1. The molecule has 0 spiro atoms. The normalized spacial score (nSPS) is 34.6. The maximum absolute atomic E-state index is 13.3.